The summed E-state index contributed by atoms with van der Waals surface area (Å²) in [6, 6.07) is 3.82. The standard InChI is InChI=1S/C10H11FN2/c1-7(2)8-4-3-5-13-9(11)6-12-10(8)13/h3-7H,1-2H3. The second-order valence-electron chi connectivity index (χ2n) is 3.39. The number of fused-ring (bicyclic) bond motifs is 1. The van der Waals surface area contributed by atoms with Gasteiger partial charge in [-0.3, -0.25) is 4.40 Å². The minimum absolute atomic E-state index is 0.308. The summed E-state index contributed by atoms with van der Waals surface area (Å²) in [5.74, 6) is 0.0583. The molecule has 2 nitrogen and oxygen atoms in total. The lowest BCUT2D eigenvalue weighted by Gasteiger charge is -2.05. The smallest absolute Gasteiger partial charge is 0.217 e. The summed E-state index contributed by atoms with van der Waals surface area (Å²) in [4.78, 5) is 4.03. The first-order chi connectivity index (χ1) is 6.20. The van der Waals surface area contributed by atoms with Crippen molar-refractivity contribution >= 4 is 5.65 Å². The van der Waals surface area contributed by atoms with Crippen LogP contribution in [0.25, 0.3) is 5.65 Å². The molecule has 0 spiro atoms. The maximum atomic E-state index is 13.1. The van der Waals surface area contributed by atoms with E-state index in [0.717, 1.165) is 11.2 Å². The van der Waals surface area contributed by atoms with E-state index in [9.17, 15) is 4.39 Å². The fourth-order valence-corrected chi connectivity index (χ4v) is 1.45. The van der Waals surface area contributed by atoms with Gasteiger partial charge in [0.05, 0.1) is 6.20 Å². The van der Waals surface area contributed by atoms with Crippen LogP contribution in [0.15, 0.2) is 24.5 Å². The molecular formula is C10H11FN2. The highest BCUT2D eigenvalue weighted by molar-refractivity contribution is 5.49. The van der Waals surface area contributed by atoms with Gasteiger partial charge < -0.3 is 0 Å². The van der Waals surface area contributed by atoms with Crippen LogP contribution in [0.1, 0.15) is 25.3 Å². The summed E-state index contributed by atoms with van der Waals surface area (Å²) in [5, 5.41) is 0. The van der Waals surface area contributed by atoms with Crippen LogP contribution in [0.3, 0.4) is 0 Å². The lowest BCUT2D eigenvalue weighted by atomic mass is 10.1. The molecule has 0 unspecified atom stereocenters. The Morgan fingerprint density at radius 2 is 2.23 bits per heavy atom. The van der Waals surface area contributed by atoms with Gasteiger partial charge in [0.1, 0.15) is 5.65 Å². The highest BCUT2D eigenvalue weighted by Crippen LogP contribution is 2.19. The Morgan fingerprint density at radius 3 is 2.92 bits per heavy atom. The third kappa shape index (κ3) is 1.20. The highest BCUT2D eigenvalue weighted by atomic mass is 19.1. The van der Waals surface area contributed by atoms with Gasteiger partial charge in [-0.05, 0) is 17.5 Å². The summed E-state index contributed by atoms with van der Waals surface area (Å²) < 4.78 is 14.6. The summed E-state index contributed by atoms with van der Waals surface area (Å²) in [5.41, 5.74) is 1.79. The Hall–Kier alpha value is -1.38. The van der Waals surface area contributed by atoms with Crippen LogP contribution in [0.2, 0.25) is 0 Å². The van der Waals surface area contributed by atoms with Crippen molar-refractivity contribution < 1.29 is 4.39 Å². The Balaban J connectivity index is 2.77. The monoisotopic (exact) mass is 178 g/mol. The predicted molar refractivity (Wildman–Crippen MR) is 49.2 cm³/mol. The highest BCUT2D eigenvalue weighted by Gasteiger charge is 2.08. The Morgan fingerprint density at radius 1 is 1.46 bits per heavy atom. The zero-order valence-electron chi connectivity index (χ0n) is 7.66. The molecule has 0 saturated heterocycles. The van der Waals surface area contributed by atoms with Crippen molar-refractivity contribution in [2.75, 3.05) is 0 Å². The van der Waals surface area contributed by atoms with E-state index >= 15 is 0 Å². The van der Waals surface area contributed by atoms with Gasteiger partial charge in [-0.2, -0.15) is 4.39 Å². The summed E-state index contributed by atoms with van der Waals surface area (Å²) in [7, 11) is 0. The number of aromatic nitrogens is 2. The number of imidazole rings is 1. The molecule has 2 rings (SSSR count). The third-order valence-corrected chi connectivity index (χ3v) is 2.14. The first-order valence-corrected chi connectivity index (χ1v) is 4.31. The minimum Gasteiger partial charge on any atom is -0.276 e. The first-order valence-electron chi connectivity index (χ1n) is 4.31. The average Bonchev–Trinajstić information content (AvgIpc) is 2.48. The van der Waals surface area contributed by atoms with Crippen molar-refractivity contribution in [1.82, 2.24) is 9.38 Å². The van der Waals surface area contributed by atoms with E-state index < -0.39 is 0 Å². The molecule has 0 amide bonds. The van der Waals surface area contributed by atoms with Crippen molar-refractivity contribution in [3.05, 3.63) is 36.0 Å². The fourth-order valence-electron chi connectivity index (χ4n) is 1.45. The first kappa shape index (κ1) is 8.23. The number of halogens is 1. The van der Waals surface area contributed by atoms with Crippen LogP contribution in [0.5, 0.6) is 0 Å². The number of hydrogen-bond acceptors (Lipinski definition) is 1. The zero-order valence-corrected chi connectivity index (χ0v) is 7.66. The van der Waals surface area contributed by atoms with Crippen molar-refractivity contribution in [3.8, 4) is 0 Å². The van der Waals surface area contributed by atoms with Crippen molar-refractivity contribution in [1.29, 1.82) is 0 Å². The molecule has 68 valence electrons. The predicted octanol–water partition coefficient (Wildman–Crippen LogP) is 2.60. The van der Waals surface area contributed by atoms with Gasteiger partial charge in [-0.25, -0.2) is 4.98 Å². The molecule has 0 atom stereocenters. The van der Waals surface area contributed by atoms with Gasteiger partial charge in [0, 0.05) is 6.20 Å². The maximum absolute atomic E-state index is 13.1. The van der Waals surface area contributed by atoms with E-state index in [1.165, 1.54) is 10.6 Å². The Labute approximate surface area is 76.0 Å². The quantitative estimate of drug-likeness (QED) is 0.656. The molecule has 0 N–H and O–H groups in total. The molecule has 3 heteroatoms. The summed E-state index contributed by atoms with van der Waals surface area (Å²) in [6.45, 7) is 4.14. The largest absolute Gasteiger partial charge is 0.276 e. The van der Waals surface area contributed by atoms with Crippen LogP contribution in [0, 0.1) is 5.95 Å². The molecule has 2 heterocycles. The van der Waals surface area contributed by atoms with Gasteiger partial charge in [0.15, 0.2) is 0 Å². The number of nitrogens with zero attached hydrogens (tertiary/aromatic N) is 2. The van der Waals surface area contributed by atoms with Crippen molar-refractivity contribution in [2.24, 2.45) is 0 Å². The Kier molecular flexibility index (Phi) is 1.79. The molecule has 0 aliphatic carbocycles. The van der Waals surface area contributed by atoms with Crippen molar-refractivity contribution in [3.63, 3.8) is 0 Å². The summed E-state index contributed by atoms with van der Waals surface area (Å²) >= 11 is 0. The topological polar surface area (TPSA) is 17.3 Å². The third-order valence-electron chi connectivity index (χ3n) is 2.14. The Bertz CT molecular complexity index is 431. The molecule has 0 saturated carbocycles. The van der Waals surface area contributed by atoms with Gasteiger partial charge in [0.2, 0.25) is 5.95 Å². The molecule has 0 aliphatic rings. The second kappa shape index (κ2) is 2.83. The van der Waals surface area contributed by atoms with Crippen LogP contribution in [-0.4, -0.2) is 9.38 Å². The van der Waals surface area contributed by atoms with Crippen molar-refractivity contribution in [2.45, 2.75) is 19.8 Å². The SMILES string of the molecule is CC(C)c1cccn2c(F)cnc12. The van der Waals surface area contributed by atoms with E-state index in [4.69, 9.17) is 0 Å². The van der Waals surface area contributed by atoms with Gasteiger partial charge in [-0.1, -0.05) is 19.9 Å². The van der Waals surface area contributed by atoms with Crippen LogP contribution in [-0.2, 0) is 0 Å². The molecule has 0 aromatic carbocycles. The van der Waals surface area contributed by atoms with Gasteiger partial charge in [-0.15, -0.1) is 0 Å². The van der Waals surface area contributed by atoms with E-state index in [-0.39, 0.29) is 5.95 Å². The zero-order chi connectivity index (χ0) is 9.42. The molecule has 2 aromatic rings. The lowest BCUT2D eigenvalue weighted by Crippen LogP contribution is -1.95. The van der Waals surface area contributed by atoms with Gasteiger partial charge in [0.25, 0.3) is 0 Å². The molecular weight excluding hydrogens is 167 g/mol. The molecule has 2 aromatic heterocycles. The summed E-state index contributed by atoms with van der Waals surface area (Å²) in [6.07, 6.45) is 2.94. The fraction of sp³-hybridized carbons (Fsp3) is 0.300. The number of pyridine rings is 1. The number of rotatable bonds is 1. The molecule has 0 aliphatic heterocycles. The van der Waals surface area contributed by atoms with E-state index in [1.807, 2.05) is 12.1 Å². The minimum atomic E-state index is -0.308. The van der Waals surface area contributed by atoms with Crippen LogP contribution < -0.4 is 0 Å². The second-order valence-corrected chi connectivity index (χ2v) is 3.39. The maximum Gasteiger partial charge on any atom is 0.217 e. The normalized spacial score (nSPS) is 11.4. The molecule has 0 bridgehead atoms. The molecule has 13 heavy (non-hydrogen) atoms. The lowest BCUT2D eigenvalue weighted by molar-refractivity contribution is 0.572. The van der Waals surface area contributed by atoms with E-state index in [2.05, 4.69) is 18.8 Å². The van der Waals surface area contributed by atoms with Crippen LogP contribution >= 0.6 is 0 Å². The van der Waals surface area contributed by atoms with Crippen LogP contribution in [0.4, 0.5) is 4.39 Å². The molecule has 0 fully saturated rings. The molecule has 0 radical (unpaired) electrons. The van der Waals surface area contributed by atoms with E-state index in [1.54, 1.807) is 6.20 Å². The average molecular weight is 178 g/mol. The van der Waals surface area contributed by atoms with Gasteiger partial charge >= 0.3 is 0 Å². The van der Waals surface area contributed by atoms with E-state index in [0.29, 0.717) is 5.92 Å². The number of hydrogen-bond donors (Lipinski definition) is 0.